The third-order valence-corrected chi connectivity index (χ3v) is 5.77. The van der Waals surface area contributed by atoms with E-state index in [-0.39, 0.29) is 29.2 Å². The quantitative estimate of drug-likeness (QED) is 0.650. The summed E-state index contributed by atoms with van der Waals surface area (Å²) in [5.74, 6) is 0.314. The Morgan fingerprint density at radius 3 is 1.77 bits per heavy atom. The number of nitrogens with zero attached hydrogens (tertiary/aromatic N) is 1. The standard InChI is InChI=1S/C26H25NO4/c28-21-11-7-19(8-12-21)26(20-9-13-22(29)14-10-20)23(18-4-1-2-5-18)6-3-17-27-24(30)15-16-25(27)31/h1-2,4-5,7-14,18,28-29H,3,6,15-17H2. The molecule has 2 aliphatic rings. The lowest BCUT2D eigenvalue weighted by Crippen LogP contribution is -2.30. The minimum absolute atomic E-state index is 0.0894. The smallest absolute Gasteiger partial charge is 0.229 e. The van der Waals surface area contributed by atoms with Crippen molar-refractivity contribution in [2.24, 2.45) is 5.92 Å². The molecule has 0 bridgehead atoms. The topological polar surface area (TPSA) is 77.8 Å². The molecular formula is C26H25NO4. The van der Waals surface area contributed by atoms with E-state index in [4.69, 9.17) is 0 Å². The summed E-state index contributed by atoms with van der Waals surface area (Å²) in [7, 11) is 0. The number of benzene rings is 2. The van der Waals surface area contributed by atoms with E-state index >= 15 is 0 Å². The summed E-state index contributed by atoms with van der Waals surface area (Å²) in [6, 6.07) is 14.2. The highest BCUT2D eigenvalue weighted by molar-refractivity contribution is 6.01. The van der Waals surface area contributed by atoms with Gasteiger partial charge in [-0.25, -0.2) is 0 Å². The number of hydrogen-bond acceptors (Lipinski definition) is 4. The van der Waals surface area contributed by atoms with Gasteiger partial charge in [0.15, 0.2) is 0 Å². The average molecular weight is 415 g/mol. The zero-order chi connectivity index (χ0) is 21.8. The molecule has 1 heterocycles. The van der Waals surface area contributed by atoms with Crippen LogP contribution in [-0.4, -0.2) is 33.5 Å². The Morgan fingerprint density at radius 2 is 1.29 bits per heavy atom. The Hall–Kier alpha value is -3.60. The molecule has 158 valence electrons. The Bertz CT molecular complexity index is 986. The number of carbonyl (C=O) groups excluding carboxylic acids is 2. The molecule has 0 spiro atoms. The molecule has 2 aromatic rings. The molecule has 1 saturated heterocycles. The first-order valence-corrected chi connectivity index (χ1v) is 10.5. The van der Waals surface area contributed by atoms with E-state index in [0.29, 0.717) is 32.2 Å². The van der Waals surface area contributed by atoms with Crippen LogP contribution in [0.25, 0.3) is 5.57 Å². The highest BCUT2D eigenvalue weighted by Gasteiger charge is 2.28. The van der Waals surface area contributed by atoms with Crippen LogP contribution in [0.2, 0.25) is 0 Å². The second kappa shape index (κ2) is 9.04. The highest BCUT2D eigenvalue weighted by atomic mass is 16.3. The van der Waals surface area contributed by atoms with Gasteiger partial charge in [-0.15, -0.1) is 0 Å². The number of amides is 2. The normalized spacial score (nSPS) is 15.8. The lowest BCUT2D eigenvalue weighted by molar-refractivity contribution is -0.138. The van der Waals surface area contributed by atoms with Crippen molar-refractivity contribution in [2.75, 3.05) is 6.54 Å². The number of allylic oxidation sites excluding steroid dienone is 5. The van der Waals surface area contributed by atoms with Gasteiger partial charge in [-0.1, -0.05) is 54.1 Å². The second-order valence-electron chi connectivity index (χ2n) is 7.83. The summed E-state index contributed by atoms with van der Waals surface area (Å²) in [5, 5.41) is 19.5. The maximum Gasteiger partial charge on any atom is 0.229 e. The van der Waals surface area contributed by atoms with Gasteiger partial charge >= 0.3 is 0 Å². The molecule has 1 aliphatic heterocycles. The van der Waals surface area contributed by atoms with Crippen molar-refractivity contribution in [2.45, 2.75) is 25.7 Å². The van der Waals surface area contributed by atoms with Crippen molar-refractivity contribution < 1.29 is 19.8 Å². The Balaban J connectivity index is 1.72. The van der Waals surface area contributed by atoms with E-state index in [9.17, 15) is 19.8 Å². The van der Waals surface area contributed by atoms with Gasteiger partial charge in [0.25, 0.3) is 0 Å². The van der Waals surface area contributed by atoms with Crippen LogP contribution in [-0.2, 0) is 9.59 Å². The minimum atomic E-state index is -0.0894. The fraction of sp³-hybridized carbons (Fsp3) is 0.231. The Kier molecular flexibility index (Phi) is 6.03. The van der Waals surface area contributed by atoms with Gasteiger partial charge in [0.05, 0.1) is 0 Å². The van der Waals surface area contributed by atoms with Crippen molar-refractivity contribution in [3.63, 3.8) is 0 Å². The fourth-order valence-electron chi connectivity index (χ4n) is 4.22. The molecular weight excluding hydrogens is 390 g/mol. The Labute approximate surface area is 181 Å². The number of hydrogen-bond donors (Lipinski definition) is 2. The van der Waals surface area contributed by atoms with Gasteiger partial charge < -0.3 is 10.2 Å². The first kappa shape index (κ1) is 20.7. The first-order valence-electron chi connectivity index (χ1n) is 10.5. The third-order valence-electron chi connectivity index (χ3n) is 5.77. The van der Waals surface area contributed by atoms with Gasteiger partial charge in [0, 0.05) is 25.3 Å². The lowest BCUT2D eigenvalue weighted by Gasteiger charge is -2.21. The number of imide groups is 1. The molecule has 31 heavy (non-hydrogen) atoms. The first-order chi connectivity index (χ1) is 15.0. The van der Waals surface area contributed by atoms with Gasteiger partial charge in [0.1, 0.15) is 11.5 Å². The summed E-state index contributed by atoms with van der Waals surface area (Å²) in [6.07, 6.45) is 10.3. The molecule has 0 atom stereocenters. The SMILES string of the molecule is O=C1CCC(=O)N1CCCC(=C(c1ccc(O)cc1)c1ccc(O)cc1)C1C=CC=C1. The van der Waals surface area contributed by atoms with E-state index in [1.165, 1.54) is 10.5 Å². The minimum Gasteiger partial charge on any atom is -0.508 e. The van der Waals surface area contributed by atoms with E-state index in [1.54, 1.807) is 24.3 Å². The maximum atomic E-state index is 12.0. The number of phenolic OH excluding ortho intramolecular Hbond substituents is 2. The number of aromatic hydroxyl groups is 2. The molecule has 1 fully saturated rings. The molecule has 2 amide bonds. The summed E-state index contributed by atoms with van der Waals surface area (Å²) >= 11 is 0. The molecule has 2 N–H and O–H groups in total. The monoisotopic (exact) mass is 415 g/mol. The summed E-state index contributed by atoms with van der Waals surface area (Å²) in [4.78, 5) is 25.3. The van der Waals surface area contributed by atoms with Crippen LogP contribution in [0, 0.1) is 5.92 Å². The summed E-state index contributed by atoms with van der Waals surface area (Å²) in [5.41, 5.74) is 4.11. The predicted octanol–water partition coefficient (Wildman–Crippen LogP) is 4.57. The van der Waals surface area contributed by atoms with Crippen molar-refractivity contribution >= 4 is 17.4 Å². The van der Waals surface area contributed by atoms with E-state index in [2.05, 4.69) is 12.2 Å². The largest absolute Gasteiger partial charge is 0.508 e. The number of rotatable bonds is 7. The van der Waals surface area contributed by atoms with E-state index in [1.807, 2.05) is 36.4 Å². The molecule has 1 aliphatic carbocycles. The van der Waals surface area contributed by atoms with Crippen LogP contribution in [0.15, 0.2) is 78.4 Å². The number of carbonyl (C=O) groups is 2. The third kappa shape index (κ3) is 4.61. The average Bonchev–Trinajstić information content (AvgIpc) is 3.41. The van der Waals surface area contributed by atoms with Crippen molar-refractivity contribution in [3.05, 3.63) is 89.5 Å². The van der Waals surface area contributed by atoms with Crippen LogP contribution in [0.5, 0.6) is 11.5 Å². The van der Waals surface area contributed by atoms with Crippen LogP contribution in [0.3, 0.4) is 0 Å². The van der Waals surface area contributed by atoms with Crippen LogP contribution < -0.4 is 0 Å². The van der Waals surface area contributed by atoms with Gasteiger partial charge in [0.2, 0.25) is 11.8 Å². The van der Waals surface area contributed by atoms with Crippen LogP contribution in [0.4, 0.5) is 0 Å². The lowest BCUT2D eigenvalue weighted by atomic mass is 9.84. The molecule has 0 aromatic heterocycles. The predicted molar refractivity (Wildman–Crippen MR) is 119 cm³/mol. The summed E-state index contributed by atoms with van der Waals surface area (Å²) in [6.45, 7) is 0.416. The highest BCUT2D eigenvalue weighted by Crippen LogP contribution is 2.36. The van der Waals surface area contributed by atoms with Crippen LogP contribution >= 0.6 is 0 Å². The Morgan fingerprint density at radius 1 is 0.806 bits per heavy atom. The second-order valence-corrected chi connectivity index (χ2v) is 7.83. The van der Waals surface area contributed by atoms with Crippen molar-refractivity contribution in [1.29, 1.82) is 0 Å². The molecule has 0 radical (unpaired) electrons. The molecule has 4 rings (SSSR count). The maximum absolute atomic E-state index is 12.0. The number of likely N-dealkylation sites (tertiary alicyclic amines) is 1. The van der Waals surface area contributed by atoms with Gasteiger partial charge in [-0.05, 0) is 53.8 Å². The molecule has 2 aromatic carbocycles. The molecule has 0 unspecified atom stereocenters. The number of phenols is 2. The zero-order valence-electron chi connectivity index (χ0n) is 17.2. The summed E-state index contributed by atoms with van der Waals surface area (Å²) < 4.78 is 0. The van der Waals surface area contributed by atoms with Gasteiger partial charge in [-0.2, -0.15) is 0 Å². The van der Waals surface area contributed by atoms with Crippen LogP contribution in [0.1, 0.15) is 36.8 Å². The van der Waals surface area contributed by atoms with Crippen molar-refractivity contribution in [1.82, 2.24) is 4.90 Å². The zero-order valence-corrected chi connectivity index (χ0v) is 17.2. The molecule has 0 saturated carbocycles. The van der Waals surface area contributed by atoms with E-state index < -0.39 is 0 Å². The van der Waals surface area contributed by atoms with Gasteiger partial charge in [-0.3, -0.25) is 14.5 Å². The fourth-order valence-corrected chi connectivity index (χ4v) is 4.22. The molecule has 5 heteroatoms. The molecule has 5 nitrogen and oxygen atoms in total. The van der Waals surface area contributed by atoms with E-state index in [0.717, 1.165) is 16.7 Å². The van der Waals surface area contributed by atoms with Crippen molar-refractivity contribution in [3.8, 4) is 11.5 Å².